The molecule has 0 spiro atoms. The lowest BCUT2D eigenvalue weighted by atomic mass is 10.2. The van der Waals surface area contributed by atoms with Gasteiger partial charge in [-0.15, -0.1) is 0 Å². The molecular weight excluding hydrogens is 316 g/mol. The number of rotatable bonds is 3. The molecule has 0 unspecified atom stereocenters. The molecule has 0 aliphatic heterocycles. The van der Waals surface area contributed by atoms with Gasteiger partial charge in [-0.25, -0.2) is 0 Å². The average Bonchev–Trinajstić information content (AvgIpc) is 2.77. The first-order chi connectivity index (χ1) is 9.69. The van der Waals surface area contributed by atoms with Crippen LogP contribution in [0.25, 0.3) is 10.9 Å². The van der Waals surface area contributed by atoms with Crippen LogP contribution in [0.4, 0.5) is 0 Å². The molecule has 0 bridgehead atoms. The fourth-order valence-electron chi connectivity index (χ4n) is 2.40. The van der Waals surface area contributed by atoms with Crippen molar-refractivity contribution >= 4 is 26.8 Å². The zero-order chi connectivity index (χ0) is 14.1. The van der Waals surface area contributed by atoms with Gasteiger partial charge in [0.05, 0.1) is 24.9 Å². The summed E-state index contributed by atoms with van der Waals surface area (Å²) in [5, 5.41) is 5.83. The third kappa shape index (κ3) is 2.31. The molecule has 0 aliphatic rings. The van der Waals surface area contributed by atoms with Crippen molar-refractivity contribution in [3.8, 4) is 5.75 Å². The van der Waals surface area contributed by atoms with Gasteiger partial charge < -0.3 is 4.74 Å². The van der Waals surface area contributed by atoms with Crippen molar-refractivity contribution in [3.63, 3.8) is 0 Å². The number of fused-ring (bicyclic) bond motifs is 1. The fraction of sp³-hybridized carbons (Fsp3) is 0.188. The molecule has 0 aliphatic carbocycles. The molecule has 0 amide bonds. The molecule has 2 aromatic carbocycles. The van der Waals surface area contributed by atoms with E-state index < -0.39 is 0 Å². The van der Waals surface area contributed by atoms with Crippen LogP contribution in [-0.2, 0) is 6.54 Å². The van der Waals surface area contributed by atoms with E-state index in [2.05, 4.69) is 45.3 Å². The lowest BCUT2D eigenvalue weighted by Gasteiger charge is -2.05. The Labute approximate surface area is 126 Å². The summed E-state index contributed by atoms with van der Waals surface area (Å²) in [5.74, 6) is 0.873. The minimum absolute atomic E-state index is 0.755. The van der Waals surface area contributed by atoms with Gasteiger partial charge in [-0.2, -0.15) is 5.10 Å². The van der Waals surface area contributed by atoms with Crippen LogP contribution in [0.5, 0.6) is 5.75 Å². The summed E-state index contributed by atoms with van der Waals surface area (Å²) >= 11 is 3.60. The summed E-state index contributed by atoms with van der Waals surface area (Å²) in [6, 6.07) is 14.3. The van der Waals surface area contributed by atoms with Crippen molar-refractivity contribution in [3.05, 3.63) is 58.2 Å². The van der Waals surface area contributed by atoms with Gasteiger partial charge in [0.25, 0.3) is 0 Å². The number of ether oxygens (including phenoxy) is 1. The first-order valence-corrected chi connectivity index (χ1v) is 7.23. The van der Waals surface area contributed by atoms with E-state index in [-0.39, 0.29) is 0 Å². The lowest BCUT2D eigenvalue weighted by Crippen LogP contribution is -2.01. The lowest BCUT2D eigenvalue weighted by molar-refractivity contribution is 0.414. The van der Waals surface area contributed by atoms with Crippen LogP contribution in [0.2, 0.25) is 0 Å². The third-order valence-electron chi connectivity index (χ3n) is 3.39. The summed E-state index contributed by atoms with van der Waals surface area (Å²) in [6.07, 6.45) is 0. The zero-order valence-corrected chi connectivity index (χ0v) is 13.0. The molecule has 3 rings (SSSR count). The Hall–Kier alpha value is -1.81. The molecule has 0 atom stereocenters. The Bertz CT molecular complexity index is 747. The highest BCUT2D eigenvalue weighted by atomic mass is 79.9. The van der Waals surface area contributed by atoms with E-state index in [0.29, 0.717) is 0 Å². The predicted molar refractivity (Wildman–Crippen MR) is 84.3 cm³/mol. The SMILES string of the molecule is COc1ccc(Cn2nc(C)c3c(Br)cccc32)cc1. The summed E-state index contributed by atoms with van der Waals surface area (Å²) < 4.78 is 8.31. The Morgan fingerprint density at radius 1 is 1.15 bits per heavy atom. The van der Waals surface area contributed by atoms with Gasteiger partial charge in [0.1, 0.15) is 5.75 Å². The van der Waals surface area contributed by atoms with Crippen LogP contribution >= 0.6 is 15.9 Å². The monoisotopic (exact) mass is 330 g/mol. The van der Waals surface area contributed by atoms with Gasteiger partial charge in [0, 0.05) is 9.86 Å². The fourth-order valence-corrected chi connectivity index (χ4v) is 3.04. The van der Waals surface area contributed by atoms with E-state index in [1.807, 2.05) is 29.8 Å². The van der Waals surface area contributed by atoms with E-state index in [1.165, 1.54) is 10.9 Å². The summed E-state index contributed by atoms with van der Waals surface area (Å²) in [6.45, 7) is 2.79. The largest absolute Gasteiger partial charge is 0.497 e. The molecule has 20 heavy (non-hydrogen) atoms. The molecule has 0 N–H and O–H groups in total. The highest BCUT2D eigenvalue weighted by Gasteiger charge is 2.10. The molecule has 0 radical (unpaired) electrons. The smallest absolute Gasteiger partial charge is 0.118 e. The van der Waals surface area contributed by atoms with Gasteiger partial charge in [0.2, 0.25) is 0 Å². The van der Waals surface area contributed by atoms with Crippen molar-refractivity contribution in [1.82, 2.24) is 9.78 Å². The zero-order valence-electron chi connectivity index (χ0n) is 11.4. The van der Waals surface area contributed by atoms with E-state index in [1.54, 1.807) is 7.11 Å². The second kappa shape index (κ2) is 5.29. The maximum absolute atomic E-state index is 5.18. The average molecular weight is 331 g/mol. The first kappa shape index (κ1) is 13.2. The molecule has 102 valence electrons. The highest BCUT2D eigenvalue weighted by molar-refractivity contribution is 9.10. The maximum Gasteiger partial charge on any atom is 0.118 e. The van der Waals surface area contributed by atoms with Crippen LogP contribution in [0.3, 0.4) is 0 Å². The first-order valence-electron chi connectivity index (χ1n) is 6.43. The van der Waals surface area contributed by atoms with Crippen LogP contribution in [0, 0.1) is 6.92 Å². The summed E-state index contributed by atoms with van der Waals surface area (Å²) in [4.78, 5) is 0. The molecule has 0 saturated heterocycles. The van der Waals surface area contributed by atoms with Gasteiger partial charge in [-0.1, -0.05) is 34.1 Å². The maximum atomic E-state index is 5.18. The van der Waals surface area contributed by atoms with E-state index >= 15 is 0 Å². The summed E-state index contributed by atoms with van der Waals surface area (Å²) in [7, 11) is 1.68. The van der Waals surface area contributed by atoms with Gasteiger partial charge in [0.15, 0.2) is 0 Å². The second-order valence-electron chi connectivity index (χ2n) is 4.73. The molecular formula is C16H15BrN2O. The van der Waals surface area contributed by atoms with Crippen molar-refractivity contribution in [2.24, 2.45) is 0 Å². The number of hydrogen-bond acceptors (Lipinski definition) is 2. The van der Waals surface area contributed by atoms with Gasteiger partial charge >= 0.3 is 0 Å². The van der Waals surface area contributed by atoms with Crippen LogP contribution in [-0.4, -0.2) is 16.9 Å². The molecule has 0 saturated carbocycles. The molecule has 1 aromatic heterocycles. The molecule has 1 heterocycles. The van der Waals surface area contributed by atoms with E-state index in [9.17, 15) is 0 Å². The Balaban J connectivity index is 2.00. The molecule has 4 heteroatoms. The molecule has 3 nitrogen and oxygen atoms in total. The standard InChI is InChI=1S/C16H15BrN2O/c1-11-16-14(17)4-3-5-15(16)19(18-11)10-12-6-8-13(20-2)9-7-12/h3-9H,10H2,1-2H3. The van der Waals surface area contributed by atoms with Crippen LogP contribution in [0.15, 0.2) is 46.9 Å². The Morgan fingerprint density at radius 2 is 1.90 bits per heavy atom. The number of halogens is 1. The minimum Gasteiger partial charge on any atom is -0.497 e. The molecule has 3 aromatic rings. The minimum atomic E-state index is 0.755. The van der Waals surface area contributed by atoms with Crippen molar-refractivity contribution in [2.45, 2.75) is 13.5 Å². The van der Waals surface area contributed by atoms with Crippen LogP contribution in [0.1, 0.15) is 11.3 Å². The van der Waals surface area contributed by atoms with Crippen molar-refractivity contribution < 1.29 is 4.74 Å². The quantitative estimate of drug-likeness (QED) is 0.720. The third-order valence-corrected chi connectivity index (χ3v) is 4.05. The van der Waals surface area contributed by atoms with Gasteiger partial charge in [-0.3, -0.25) is 4.68 Å². The van der Waals surface area contributed by atoms with Crippen molar-refractivity contribution in [1.29, 1.82) is 0 Å². The second-order valence-corrected chi connectivity index (χ2v) is 5.58. The van der Waals surface area contributed by atoms with Crippen LogP contribution < -0.4 is 4.74 Å². The summed E-state index contributed by atoms with van der Waals surface area (Å²) in [5.41, 5.74) is 3.39. The normalized spacial score (nSPS) is 10.9. The number of aromatic nitrogens is 2. The van der Waals surface area contributed by atoms with E-state index in [0.717, 1.165) is 28.0 Å². The number of methoxy groups -OCH3 is 1. The number of hydrogen-bond donors (Lipinski definition) is 0. The topological polar surface area (TPSA) is 27.1 Å². The number of nitrogens with zero attached hydrogens (tertiary/aromatic N) is 2. The van der Waals surface area contributed by atoms with Crippen molar-refractivity contribution in [2.75, 3.05) is 7.11 Å². The Morgan fingerprint density at radius 3 is 2.60 bits per heavy atom. The number of aryl methyl sites for hydroxylation is 1. The van der Waals surface area contributed by atoms with Gasteiger partial charge in [-0.05, 0) is 36.8 Å². The Kier molecular flexibility index (Phi) is 3.49. The van der Waals surface area contributed by atoms with E-state index in [4.69, 9.17) is 4.74 Å². The predicted octanol–water partition coefficient (Wildman–Crippen LogP) is 4.16. The number of benzene rings is 2. The molecule has 0 fully saturated rings. The highest BCUT2D eigenvalue weighted by Crippen LogP contribution is 2.27.